The number of hydrogen-bond donors (Lipinski definition) is 1. The largest absolute Gasteiger partial charge is 0.357 e. The van der Waals surface area contributed by atoms with Crippen molar-refractivity contribution in [1.82, 2.24) is 10.2 Å². The zero-order valence-corrected chi connectivity index (χ0v) is 18.6. The molecule has 1 heterocycles. The van der Waals surface area contributed by atoms with Crippen molar-refractivity contribution >= 4 is 20.1 Å². The van der Waals surface area contributed by atoms with Crippen LogP contribution < -0.4 is 10.6 Å². The van der Waals surface area contributed by atoms with Gasteiger partial charge in [-0.05, 0) is 73.2 Å². The van der Waals surface area contributed by atoms with Crippen LogP contribution in [0.4, 0.5) is 0 Å². The van der Waals surface area contributed by atoms with Crippen molar-refractivity contribution in [2.45, 2.75) is 64.5 Å². The zero-order chi connectivity index (χ0) is 19.4. The highest BCUT2D eigenvalue weighted by molar-refractivity contribution is 7.92. The second-order valence-corrected chi connectivity index (χ2v) is 14.0. The summed E-state index contributed by atoms with van der Waals surface area (Å²) in [6, 6.07) is 11.2. The molecule has 5 aliphatic rings. The van der Waals surface area contributed by atoms with Gasteiger partial charge in [-0.3, -0.25) is 0 Å². The van der Waals surface area contributed by atoms with Gasteiger partial charge in [-0.1, -0.05) is 51.1 Å². The fraction of sp³-hybridized carbons (Fsp3) is 0.625. The molecule has 4 saturated carbocycles. The second-order valence-electron chi connectivity index (χ2n) is 10.8. The Hall–Kier alpha value is -0.945. The molecule has 1 N–H and O–H groups in total. The van der Waals surface area contributed by atoms with Gasteiger partial charge in [0.2, 0.25) is 6.67 Å². The van der Waals surface area contributed by atoms with Gasteiger partial charge in [0, 0.05) is 17.3 Å². The fourth-order valence-corrected chi connectivity index (χ4v) is 9.50. The molecule has 2 radical (unpaired) electrons. The first kappa shape index (κ1) is 19.0. The third kappa shape index (κ3) is 3.53. The summed E-state index contributed by atoms with van der Waals surface area (Å²) < 4.78 is 0. The third-order valence-electron chi connectivity index (χ3n) is 7.67. The predicted octanol–water partition coefficient (Wildman–Crippen LogP) is 4.86. The average Bonchev–Trinajstić information content (AvgIpc) is 3.10. The molecule has 148 valence electrons. The highest BCUT2D eigenvalue weighted by Crippen LogP contribution is 2.62. The molecule has 6 rings (SSSR count). The van der Waals surface area contributed by atoms with Crippen LogP contribution in [0.1, 0.15) is 59.3 Å². The molecular weight excluding hydrogens is 358 g/mol. The minimum absolute atomic E-state index is 0.193. The molecule has 2 nitrogen and oxygen atoms in total. The van der Waals surface area contributed by atoms with E-state index in [9.17, 15) is 0 Å². The maximum Gasteiger partial charge on any atom is 0.204 e. The molecule has 1 aliphatic heterocycles. The summed E-state index contributed by atoms with van der Waals surface area (Å²) in [6.45, 7) is 11.9. The molecule has 1 aromatic carbocycles. The summed E-state index contributed by atoms with van der Waals surface area (Å²) >= 11 is 0. The van der Waals surface area contributed by atoms with Crippen molar-refractivity contribution in [2.24, 2.45) is 23.2 Å². The van der Waals surface area contributed by atoms with Crippen LogP contribution in [-0.4, -0.2) is 23.5 Å². The van der Waals surface area contributed by atoms with Crippen molar-refractivity contribution in [1.29, 1.82) is 0 Å². The van der Waals surface area contributed by atoms with Gasteiger partial charge in [0.15, 0.2) is 7.00 Å². The van der Waals surface area contributed by atoms with Crippen LogP contribution in [0.15, 0.2) is 42.2 Å². The van der Waals surface area contributed by atoms with Crippen LogP contribution in [0, 0.1) is 29.8 Å². The lowest BCUT2D eigenvalue weighted by Gasteiger charge is -2.57. The van der Waals surface area contributed by atoms with Crippen LogP contribution in [0.2, 0.25) is 0 Å². The lowest BCUT2D eigenvalue weighted by molar-refractivity contribution is -0.0328. The Morgan fingerprint density at radius 3 is 2.25 bits per heavy atom. The smallest absolute Gasteiger partial charge is 0.204 e. The minimum atomic E-state index is -0.193. The first-order valence-electron chi connectivity index (χ1n) is 11.2. The van der Waals surface area contributed by atoms with Gasteiger partial charge in [-0.2, -0.15) is 0 Å². The van der Waals surface area contributed by atoms with Crippen LogP contribution in [0.25, 0.3) is 0 Å². The van der Waals surface area contributed by atoms with Crippen molar-refractivity contribution in [2.75, 3.05) is 6.44 Å². The van der Waals surface area contributed by atoms with Crippen molar-refractivity contribution in [3.63, 3.8) is 0 Å². The summed E-state index contributed by atoms with van der Waals surface area (Å²) in [5, 5.41) is 5.47. The highest BCUT2D eigenvalue weighted by atomic mass is 31.1. The Morgan fingerprint density at radius 1 is 1.07 bits per heavy atom. The zero-order valence-electron chi connectivity index (χ0n) is 17.7. The summed E-state index contributed by atoms with van der Waals surface area (Å²) in [6.07, 6.45) is 12.3. The average molecular weight is 392 g/mol. The monoisotopic (exact) mass is 392 g/mol. The second kappa shape index (κ2) is 7.08. The molecule has 1 atom stereocenters. The summed E-state index contributed by atoms with van der Waals surface area (Å²) in [5.74, 6) is 2.99. The predicted molar refractivity (Wildman–Crippen MR) is 122 cm³/mol. The number of hydrogen-bond acceptors (Lipinski definition) is 2. The normalized spacial score (nSPS) is 34.9. The first-order chi connectivity index (χ1) is 13.4. The highest BCUT2D eigenvalue weighted by Gasteiger charge is 2.53. The Labute approximate surface area is 173 Å². The number of nitrogens with one attached hydrogen (secondary N) is 1. The van der Waals surface area contributed by atoms with Gasteiger partial charge < -0.3 is 10.2 Å². The lowest BCUT2D eigenvalue weighted by atomic mass is 9.49. The van der Waals surface area contributed by atoms with Gasteiger partial charge in [-0.15, -0.1) is 7.80 Å². The van der Waals surface area contributed by atoms with E-state index in [1.807, 2.05) is 0 Å². The van der Waals surface area contributed by atoms with Crippen LogP contribution >= 0.6 is 7.80 Å². The van der Waals surface area contributed by atoms with Gasteiger partial charge in [0.05, 0.1) is 0 Å². The topological polar surface area (TPSA) is 15.3 Å². The van der Waals surface area contributed by atoms with Gasteiger partial charge in [0.25, 0.3) is 0 Å². The molecule has 1 aromatic rings. The maximum absolute atomic E-state index is 3.61. The van der Waals surface area contributed by atoms with E-state index in [4.69, 9.17) is 0 Å². The molecule has 4 aliphatic carbocycles. The Bertz CT molecular complexity index is 703. The van der Waals surface area contributed by atoms with E-state index in [1.54, 1.807) is 0 Å². The third-order valence-corrected chi connectivity index (χ3v) is 10.9. The fourth-order valence-electron chi connectivity index (χ4n) is 6.85. The van der Waals surface area contributed by atoms with E-state index in [2.05, 4.69) is 74.2 Å². The van der Waals surface area contributed by atoms with Gasteiger partial charge in [0.1, 0.15) is 0 Å². The van der Waals surface area contributed by atoms with Crippen molar-refractivity contribution in [3.8, 4) is 0 Å². The lowest BCUT2D eigenvalue weighted by Crippen LogP contribution is -2.48. The van der Waals surface area contributed by atoms with E-state index in [-0.39, 0.29) is 7.80 Å². The van der Waals surface area contributed by atoms with Crippen molar-refractivity contribution < 1.29 is 0 Å². The summed E-state index contributed by atoms with van der Waals surface area (Å²) in [4.78, 5) is 2.33. The first-order valence-corrected chi connectivity index (χ1v) is 12.8. The number of nitrogens with zero attached hydrogens (tertiary/aromatic N) is 1. The van der Waals surface area contributed by atoms with Gasteiger partial charge >= 0.3 is 0 Å². The standard InChI is InChI=1S/C24H34BN2P/c1-23(2,3)28(21-7-5-4-6-8-21)25-16-27-15-22(26-17-27)24-12-18-9-19(13-24)11-20(10-18)14-24/h4-8,15,18-20,25-26H,9-14,16H2,1-3H3. The molecule has 4 bridgehead atoms. The van der Waals surface area contributed by atoms with Crippen molar-refractivity contribution in [3.05, 3.63) is 48.9 Å². The number of rotatable bonds is 5. The quantitative estimate of drug-likeness (QED) is 0.569. The molecule has 1 unspecified atom stereocenters. The minimum Gasteiger partial charge on any atom is -0.357 e. The van der Waals surface area contributed by atoms with Crippen LogP contribution in [-0.2, 0) is 0 Å². The number of benzene rings is 1. The maximum atomic E-state index is 3.61. The Balaban J connectivity index is 1.28. The van der Waals surface area contributed by atoms with E-state index in [1.165, 1.54) is 56.5 Å². The molecule has 0 spiro atoms. The Kier molecular flexibility index (Phi) is 4.82. The van der Waals surface area contributed by atoms with E-state index < -0.39 is 0 Å². The van der Waals surface area contributed by atoms with E-state index in [0.717, 1.165) is 24.2 Å². The van der Waals surface area contributed by atoms with Crippen LogP contribution in [0.3, 0.4) is 0 Å². The molecule has 28 heavy (non-hydrogen) atoms. The Morgan fingerprint density at radius 2 is 1.68 bits per heavy atom. The summed E-state index contributed by atoms with van der Waals surface area (Å²) in [7, 11) is -0.193. The van der Waals surface area contributed by atoms with Crippen LogP contribution in [0.5, 0.6) is 0 Å². The van der Waals surface area contributed by atoms with Gasteiger partial charge in [-0.25, -0.2) is 0 Å². The molecule has 4 fully saturated rings. The van der Waals surface area contributed by atoms with E-state index in [0.29, 0.717) is 10.6 Å². The molecule has 0 saturated heterocycles. The molecule has 0 aromatic heterocycles. The molecule has 4 heteroatoms. The number of allylic oxidation sites excluding steroid dienone is 1. The molecular formula is C24H34BN2P. The molecule has 0 amide bonds. The summed E-state index contributed by atoms with van der Waals surface area (Å²) in [5.41, 5.74) is 1.94. The van der Waals surface area contributed by atoms with E-state index >= 15 is 0 Å². The SMILES string of the molecule is CC(C)(C)P(BCN1[C]NC(C23CC4CC(CC(C4)C2)C3)=C1)c1ccccc1.